The highest BCUT2D eigenvalue weighted by molar-refractivity contribution is 6.31. The van der Waals surface area contributed by atoms with Crippen LogP contribution in [0.25, 0.3) is 0 Å². The lowest BCUT2D eigenvalue weighted by Crippen LogP contribution is -2.26. The van der Waals surface area contributed by atoms with Gasteiger partial charge < -0.3 is 10.6 Å². The summed E-state index contributed by atoms with van der Waals surface area (Å²) in [5.41, 5.74) is 2.37. The Hall–Kier alpha value is -0.570. The van der Waals surface area contributed by atoms with Gasteiger partial charge in [-0.05, 0) is 30.7 Å². The average Bonchev–Trinajstić information content (AvgIpc) is 2.20. The van der Waals surface area contributed by atoms with Gasteiger partial charge in [0.15, 0.2) is 0 Å². The summed E-state index contributed by atoms with van der Waals surface area (Å²) in [6.45, 7) is 7.99. The number of aryl methyl sites for hydroxylation is 1. The second-order valence-corrected chi connectivity index (χ2v) is 4.03. The maximum absolute atomic E-state index is 6.11. The third kappa shape index (κ3) is 4.65. The summed E-state index contributed by atoms with van der Waals surface area (Å²) in [5, 5.41) is 7.47. The van der Waals surface area contributed by atoms with E-state index in [1.807, 2.05) is 13.0 Å². The lowest BCUT2D eigenvalue weighted by Gasteiger charge is -2.07. The molecule has 2 nitrogen and oxygen atoms in total. The van der Waals surface area contributed by atoms with Crippen LogP contribution in [0.5, 0.6) is 0 Å². The summed E-state index contributed by atoms with van der Waals surface area (Å²) >= 11 is 6.11. The van der Waals surface area contributed by atoms with Crippen molar-refractivity contribution >= 4 is 11.6 Å². The fourth-order valence-corrected chi connectivity index (χ4v) is 1.67. The highest BCUT2D eigenvalue weighted by atomic mass is 35.5. The van der Waals surface area contributed by atoms with Crippen LogP contribution in [0.4, 0.5) is 0 Å². The second kappa shape index (κ2) is 6.83. The molecule has 0 spiro atoms. The van der Waals surface area contributed by atoms with Crippen LogP contribution in [-0.4, -0.2) is 19.6 Å². The molecular formula is C12H19ClN2. The smallest absolute Gasteiger partial charge is 0.0453 e. The van der Waals surface area contributed by atoms with E-state index >= 15 is 0 Å². The zero-order valence-electron chi connectivity index (χ0n) is 9.44. The van der Waals surface area contributed by atoms with Crippen molar-refractivity contribution in [1.29, 1.82) is 0 Å². The van der Waals surface area contributed by atoms with E-state index in [4.69, 9.17) is 11.6 Å². The van der Waals surface area contributed by atoms with Crippen LogP contribution in [0.1, 0.15) is 18.1 Å². The van der Waals surface area contributed by atoms with Gasteiger partial charge in [-0.15, -0.1) is 0 Å². The average molecular weight is 227 g/mol. The molecule has 0 bridgehead atoms. The molecule has 1 rings (SSSR count). The van der Waals surface area contributed by atoms with Crippen molar-refractivity contribution in [2.75, 3.05) is 19.6 Å². The van der Waals surface area contributed by atoms with Crippen molar-refractivity contribution in [1.82, 2.24) is 10.6 Å². The van der Waals surface area contributed by atoms with Crippen LogP contribution in [0.15, 0.2) is 18.2 Å². The Morgan fingerprint density at radius 3 is 2.60 bits per heavy atom. The standard InChI is InChI=1S/C12H19ClN2/c1-3-14-6-7-15-9-11-5-4-10(2)8-12(11)13/h4-5,8,14-15H,3,6-7,9H2,1-2H3. The van der Waals surface area contributed by atoms with E-state index in [9.17, 15) is 0 Å². The summed E-state index contributed by atoms with van der Waals surface area (Å²) < 4.78 is 0. The zero-order valence-corrected chi connectivity index (χ0v) is 10.2. The SMILES string of the molecule is CCNCCNCc1ccc(C)cc1Cl. The van der Waals surface area contributed by atoms with Crippen LogP contribution < -0.4 is 10.6 Å². The van der Waals surface area contributed by atoms with E-state index in [1.165, 1.54) is 11.1 Å². The van der Waals surface area contributed by atoms with Gasteiger partial charge in [0.1, 0.15) is 0 Å². The number of hydrogen-bond donors (Lipinski definition) is 2. The summed E-state index contributed by atoms with van der Waals surface area (Å²) in [6.07, 6.45) is 0. The van der Waals surface area contributed by atoms with Gasteiger partial charge in [-0.3, -0.25) is 0 Å². The topological polar surface area (TPSA) is 24.1 Å². The number of benzene rings is 1. The van der Waals surface area contributed by atoms with Gasteiger partial charge in [-0.2, -0.15) is 0 Å². The molecule has 0 saturated carbocycles. The molecule has 0 fully saturated rings. The van der Waals surface area contributed by atoms with E-state index in [0.717, 1.165) is 31.2 Å². The van der Waals surface area contributed by atoms with E-state index in [0.29, 0.717) is 0 Å². The van der Waals surface area contributed by atoms with Crippen molar-refractivity contribution in [2.45, 2.75) is 20.4 Å². The maximum Gasteiger partial charge on any atom is 0.0453 e. The normalized spacial score (nSPS) is 10.6. The van der Waals surface area contributed by atoms with Crippen molar-refractivity contribution in [2.24, 2.45) is 0 Å². The first kappa shape index (κ1) is 12.5. The van der Waals surface area contributed by atoms with E-state index in [1.54, 1.807) is 0 Å². The fourth-order valence-electron chi connectivity index (χ4n) is 1.37. The summed E-state index contributed by atoms with van der Waals surface area (Å²) in [5.74, 6) is 0. The molecule has 0 aliphatic heterocycles. The van der Waals surface area contributed by atoms with Crippen LogP contribution in [0.2, 0.25) is 5.02 Å². The molecule has 15 heavy (non-hydrogen) atoms. The molecular weight excluding hydrogens is 208 g/mol. The predicted molar refractivity (Wildman–Crippen MR) is 66.4 cm³/mol. The Bertz CT molecular complexity index is 300. The number of hydrogen-bond acceptors (Lipinski definition) is 2. The number of nitrogens with one attached hydrogen (secondary N) is 2. The minimum Gasteiger partial charge on any atom is -0.316 e. The van der Waals surface area contributed by atoms with Crippen molar-refractivity contribution in [3.05, 3.63) is 34.3 Å². The largest absolute Gasteiger partial charge is 0.316 e. The zero-order chi connectivity index (χ0) is 11.1. The summed E-state index contributed by atoms with van der Waals surface area (Å²) in [7, 11) is 0. The highest BCUT2D eigenvalue weighted by Crippen LogP contribution is 2.16. The number of halogens is 1. The lowest BCUT2D eigenvalue weighted by molar-refractivity contribution is 0.625. The lowest BCUT2D eigenvalue weighted by atomic mass is 10.1. The Morgan fingerprint density at radius 2 is 1.93 bits per heavy atom. The van der Waals surface area contributed by atoms with Gasteiger partial charge in [0.2, 0.25) is 0 Å². The summed E-state index contributed by atoms with van der Waals surface area (Å²) in [4.78, 5) is 0. The molecule has 84 valence electrons. The molecule has 0 atom stereocenters. The molecule has 1 aromatic rings. The highest BCUT2D eigenvalue weighted by Gasteiger charge is 1.99. The van der Waals surface area contributed by atoms with Crippen LogP contribution in [0, 0.1) is 6.92 Å². The Labute approximate surface area is 97.0 Å². The van der Waals surface area contributed by atoms with Crippen molar-refractivity contribution in [3.63, 3.8) is 0 Å². The van der Waals surface area contributed by atoms with Gasteiger partial charge in [0.05, 0.1) is 0 Å². The third-order valence-electron chi connectivity index (χ3n) is 2.25. The molecule has 3 heteroatoms. The number of likely N-dealkylation sites (N-methyl/N-ethyl adjacent to an activating group) is 1. The van der Waals surface area contributed by atoms with Gasteiger partial charge in [0.25, 0.3) is 0 Å². The Morgan fingerprint density at radius 1 is 1.20 bits per heavy atom. The van der Waals surface area contributed by atoms with Crippen LogP contribution in [0.3, 0.4) is 0 Å². The minimum absolute atomic E-state index is 0.838. The van der Waals surface area contributed by atoms with Crippen LogP contribution >= 0.6 is 11.6 Å². The molecule has 2 N–H and O–H groups in total. The number of rotatable bonds is 6. The molecule has 0 saturated heterocycles. The second-order valence-electron chi connectivity index (χ2n) is 3.63. The Kier molecular flexibility index (Phi) is 5.69. The summed E-state index contributed by atoms with van der Waals surface area (Å²) in [6, 6.07) is 6.17. The fraction of sp³-hybridized carbons (Fsp3) is 0.500. The van der Waals surface area contributed by atoms with Crippen molar-refractivity contribution < 1.29 is 0 Å². The Balaban J connectivity index is 2.31. The predicted octanol–water partition coefficient (Wildman–Crippen LogP) is 2.35. The molecule has 0 radical (unpaired) electrons. The first-order valence-corrected chi connectivity index (χ1v) is 5.78. The molecule has 0 heterocycles. The molecule has 1 aromatic carbocycles. The molecule has 0 aliphatic rings. The maximum atomic E-state index is 6.11. The molecule has 0 amide bonds. The minimum atomic E-state index is 0.838. The van der Waals surface area contributed by atoms with Crippen LogP contribution in [-0.2, 0) is 6.54 Å². The van der Waals surface area contributed by atoms with E-state index in [2.05, 4.69) is 29.7 Å². The van der Waals surface area contributed by atoms with Gasteiger partial charge in [-0.25, -0.2) is 0 Å². The molecule has 0 aromatic heterocycles. The molecule has 0 aliphatic carbocycles. The monoisotopic (exact) mass is 226 g/mol. The van der Waals surface area contributed by atoms with E-state index in [-0.39, 0.29) is 0 Å². The first-order chi connectivity index (χ1) is 7.24. The third-order valence-corrected chi connectivity index (χ3v) is 2.60. The first-order valence-electron chi connectivity index (χ1n) is 5.40. The molecule has 0 unspecified atom stereocenters. The quantitative estimate of drug-likeness (QED) is 0.728. The van der Waals surface area contributed by atoms with Gasteiger partial charge in [0, 0.05) is 24.7 Å². The van der Waals surface area contributed by atoms with Crippen molar-refractivity contribution in [3.8, 4) is 0 Å². The van der Waals surface area contributed by atoms with Gasteiger partial charge in [-0.1, -0.05) is 30.7 Å². The van der Waals surface area contributed by atoms with E-state index < -0.39 is 0 Å². The van der Waals surface area contributed by atoms with Gasteiger partial charge >= 0.3 is 0 Å².